The number of rotatable bonds is 9. The molecule has 0 bridgehead atoms. The van der Waals surface area contributed by atoms with Crippen molar-refractivity contribution in [1.82, 2.24) is 19.3 Å². The van der Waals surface area contributed by atoms with Crippen LogP contribution in [0.25, 0.3) is 16.8 Å². The predicted molar refractivity (Wildman–Crippen MR) is 143 cm³/mol. The molecule has 0 fully saturated rings. The summed E-state index contributed by atoms with van der Waals surface area (Å²) in [6.45, 7) is 3.01. The Morgan fingerprint density at radius 2 is 1.71 bits per heavy atom. The van der Waals surface area contributed by atoms with Crippen LogP contribution in [0.1, 0.15) is 35.1 Å². The first-order valence-electron chi connectivity index (χ1n) is 12.7. The third kappa shape index (κ3) is 5.97. The zero-order valence-electron chi connectivity index (χ0n) is 22.6. The lowest BCUT2D eigenvalue weighted by molar-refractivity contribution is -0.143. The molecule has 2 unspecified atom stereocenters. The van der Waals surface area contributed by atoms with Gasteiger partial charge in [-0.15, -0.1) is 0 Å². The number of aromatic nitrogens is 3. The van der Waals surface area contributed by atoms with E-state index in [4.69, 9.17) is 0 Å². The molecule has 0 aliphatic heterocycles. The molecular weight excluding hydrogens is 565 g/mol. The molecule has 4 aromatic rings. The van der Waals surface area contributed by atoms with E-state index in [0.717, 1.165) is 5.69 Å². The first kappa shape index (κ1) is 30.2. The number of fused-ring (bicyclic) bond motifs is 1. The smallest absolute Gasteiger partial charge is 0.408 e. The number of imidazole rings is 1. The Kier molecular flexibility index (Phi) is 8.36. The molecule has 3 N–H and O–H groups in total. The Balaban J connectivity index is 1.60. The molecule has 0 saturated carbocycles. The van der Waals surface area contributed by atoms with Gasteiger partial charge in [-0.05, 0) is 49.7 Å². The number of amides is 1. The summed E-state index contributed by atoms with van der Waals surface area (Å²) in [5, 5.41) is 13.8. The number of nitrogens with one attached hydrogen (secondary N) is 2. The SMILES string of the molecule is CCC(Nc1cc(F)c(C(=O)NC(Cc2ccc(-c3ccc(C)n(C)c3=O)c3nccn23)C(=O)O)c(F)c1)C(F)(F)F. The highest BCUT2D eigenvalue weighted by Crippen LogP contribution is 2.28. The van der Waals surface area contributed by atoms with E-state index < -0.39 is 59.4 Å². The summed E-state index contributed by atoms with van der Waals surface area (Å²) < 4.78 is 71.6. The van der Waals surface area contributed by atoms with Gasteiger partial charge in [-0.1, -0.05) is 6.92 Å². The number of carbonyl (C=O) groups is 2. The van der Waals surface area contributed by atoms with Crippen molar-refractivity contribution in [2.75, 3.05) is 5.32 Å². The summed E-state index contributed by atoms with van der Waals surface area (Å²) in [6.07, 6.45) is -2.46. The maximum atomic E-state index is 14.7. The first-order chi connectivity index (χ1) is 19.7. The van der Waals surface area contributed by atoms with Crippen LogP contribution in [0.3, 0.4) is 0 Å². The van der Waals surface area contributed by atoms with Crippen LogP contribution in [0.2, 0.25) is 0 Å². The van der Waals surface area contributed by atoms with Gasteiger partial charge in [-0.3, -0.25) is 9.59 Å². The van der Waals surface area contributed by atoms with Crippen molar-refractivity contribution in [3.05, 3.63) is 87.7 Å². The van der Waals surface area contributed by atoms with Crippen LogP contribution in [0.15, 0.2) is 53.6 Å². The fourth-order valence-corrected chi connectivity index (χ4v) is 4.51. The quantitative estimate of drug-likeness (QED) is 0.248. The second-order valence-corrected chi connectivity index (χ2v) is 9.64. The minimum absolute atomic E-state index is 0.266. The summed E-state index contributed by atoms with van der Waals surface area (Å²) in [5.41, 5.74) is 0.320. The predicted octanol–water partition coefficient (Wildman–Crippen LogP) is 4.47. The molecule has 3 heterocycles. The van der Waals surface area contributed by atoms with Crippen molar-refractivity contribution in [3.63, 3.8) is 0 Å². The monoisotopic (exact) mass is 591 g/mol. The standard InChI is InChI=1S/C28H26F5N5O4/c1-4-22(28(31,32)33)35-15-11-19(29)23(20(30)12-15)25(39)36-21(27(41)42)13-16-6-8-17(24-34-9-10-38(16)24)18-7-5-14(2)37(3)26(18)40/h5-12,21-22,35H,4,13H2,1-3H3,(H,36,39)(H,41,42). The minimum atomic E-state index is -4.68. The zero-order valence-corrected chi connectivity index (χ0v) is 22.6. The van der Waals surface area contributed by atoms with Gasteiger partial charge >= 0.3 is 12.1 Å². The second-order valence-electron chi connectivity index (χ2n) is 9.64. The number of pyridine rings is 2. The van der Waals surface area contributed by atoms with Gasteiger partial charge in [-0.2, -0.15) is 13.2 Å². The Bertz CT molecular complexity index is 1710. The number of halogens is 5. The number of aliphatic carboxylic acids is 1. The molecule has 0 aliphatic rings. The topological polar surface area (TPSA) is 118 Å². The van der Waals surface area contributed by atoms with E-state index in [9.17, 15) is 41.4 Å². The summed E-state index contributed by atoms with van der Waals surface area (Å²) in [6, 6.07) is 3.87. The van der Waals surface area contributed by atoms with Crippen LogP contribution in [0.5, 0.6) is 0 Å². The third-order valence-electron chi connectivity index (χ3n) is 6.91. The third-order valence-corrected chi connectivity index (χ3v) is 6.91. The number of hydrogen-bond donors (Lipinski definition) is 3. The Morgan fingerprint density at radius 1 is 1.07 bits per heavy atom. The number of alkyl halides is 3. The molecule has 1 aromatic carbocycles. The van der Waals surface area contributed by atoms with Crippen LogP contribution >= 0.6 is 0 Å². The molecule has 3 aromatic heterocycles. The van der Waals surface area contributed by atoms with Crippen molar-refractivity contribution in [2.45, 2.75) is 44.9 Å². The van der Waals surface area contributed by atoms with Gasteiger partial charge in [0.2, 0.25) is 0 Å². The van der Waals surface area contributed by atoms with Crippen LogP contribution in [-0.4, -0.2) is 49.2 Å². The Labute approximate surface area is 235 Å². The van der Waals surface area contributed by atoms with E-state index in [2.05, 4.69) is 10.3 Å². The molecule has 14 heteroatoms. The van der Waals surface area contributed by atoms with Crippen LogP contribution in [0.4, 0.5) is 27.6 Å². The summed E-state index contributed by atoms with van der Waals surface area (Å²) >= 11 is 0. The summed E-state index contributed by atoms with van der Waals surface area (Å²) in [5.74, 6) is -5.87. The number of benzene rings is 1. The van der Waals surface area contributed by atoms with E-state index in [1.807, 2.05) is 5.32 Å². The highest BCUT2D eigenvalue weighted by molar-refractivity contribution is 5.97. The molecule has 0 spiro atoms. The molecular formula is C28H26F5N5O4. The number of carboxylic acids is 1. The summed E-state index contributed by atoms with van der Waals surface area (Å²) in [7, 11) is 1.62. The van der Waals surface area contributed by atoms with Gasteiger partial charge in [0.15, 0.2) is 0 Å². The molecule has 4 rings (SSSR count). The van der Waals surface area contributed by atoms with Gasteiger partial charge in [0.25, 0.3) is 11.5 Å². The van der Waals surface area contributed by atoms with Crippen molar-refractivity contribution < 1.29 is 36.6 Å². The van der Waals surface area contributed by atoms with Gasteiger partial charge in [0.05, 0.1) is 5.56 Å². The number of aryl methyl sites for hydroxylation is 1. The maximum Gasteiger partial charge on any atom is 0.408 e. The number of hydrogen-bond acceptors (Lipinski definition) is 5. The van der Waals surface area contributed by atoms with Gasteiger partial charge < -0.3 is 24.7 Å². The van der Waals surface area contributed by atoms with E-state index in [1.54, 1.807) is 32.2 Å². The lowest BCUT2D eigenvalue weighted by atomic mass is 10.0. The Morgan fingerprint density at radius 3 is 2.31 bits per heavy atom. The number of nitrogens with zero attached hydrogens (tertiary/aromatic N) is 3. The molecule has 2 atom stereocenters. The van der Waals surface area contributed by atoms with Crippen molar-refractivity contribution in [2.24, 2.45) is 7.05 Å². The van der Waals surface area contributed by atoms with Crippen molar-refractivity contribution in [3.8, 4) is 11.1 Å². The summed E-state index contributed by atoms with van der Waals surface area (Å²) in [4.78, 5) is 41.9. The molecule has 9 nitrogen and oxygen atoms in total. The lowest BCUT2D eigenvalue weighted by Crippen LogP contribution is -2.43. The van der Waals surface area contributed by atoms with E-state index in [0.29, 0.717) is 34.6 Å². The number of carboxylic acid groups (broad SMARTS) is 1. The number of carbonyl (C=O) groups excluding carboxylic acids is 1. The van der Waals surface area contributed by atoms with E-state index >= 15 is 0 Å². The number of anilines is 1. The van der Waals surface area contributed by atoms with Gasteiger partial charge in [0, 0.05) is 48.5 Å². The maximum absolute atomic E-state index is 14.7. The van der Waals surface area contributed by atoms with Gasteiger partial charge in [-0.25, -0.2) is 18.6 Å². The first-order valence-corrected chi connectivity index (χ1v) is 12.7. The van der Waals surface area contributed by atoms with Crippen molar-refractivity contribution in [1.29, 1.82) is 0 Å². The van der Waals surface area contributed by atoms with E-state index in [-0.39, 0.29) is 12.0 Å². The zero-order chi connectivity index (χ0) is 30.9. The molecule has 0 radical (unpaired) electrons. The normalized spacial score (nSPS) is 13.1. The molecule has 0 saturated heterocycles. The fourth-order valence-electron chi connectivity index (χ4n) is 4.51. The minimum Gasteiger partial charge on any atom is -0.480 e. The molecule has 222 valence electrons. The van der Waals surface area contributed by atoms with Crippen LogP contribution in [-0.2, 0) is 18.3 Å². The second kappa shape index (κ2) is 11.6. The largest absolute Gasteiger partial charge is 0.480 e. The molecule has 42 heavy (non-hydrogen) atoms. The average Bonchev–Trinajstić information content (AvgIpc) is 3.40. The highest BCUT2D eigenvalue weighted by atomic mass is 19.4. The fraction of sp³-hybridized carbons (Fsp3) is 0.286. The van der Waals surface area contributed by atoms with Crippen LogP contribution < -0.4 is 16.2 Å². The highest BCUT2D eigenvalue weighted by Gasteiger charge is 2.38. The van der Waals surface area contributed by atoms with Crippen molar-refractivity contribution >= 4 is 23.2 Å². The van der Waals surface area contributed by atoms with E-state index in [1.165, 1.54) is 34.4 Å². The Hall–Kier alpha value is -4.75. The average molecular weight is 592 g/mol. The molecule has 0 aliphatic carbocycles. The molecule has 1 amide bonds. The lowest BCUT2D eigenvalue weighted by Gasteiger charge is -2.22. The van der Waals surface area contributed by atoms with Crippen LogP contribution in [0, 0.1) is 18.6 Å². The van der Waals surface area contributed by atoms with Gasteiger partial charge in [0.1, 0.15) is 34.9 Å².